The zero-order valence-corrected chi connectivity index (χ0v) is 23.1. The molecule has 39 heavy (non-hydrogen) atoms. The highest BCUT2D eigenvalue weighted by Crippen LogP contribution is 2.31. The summed E-state index contributed by atoms with van der Waals surface area (Å²) in [6.07, 6.45) is 10.3. The molecule has 1 aliphatic carbocycles. The molecule has 0 bridgehead atoms. The molecule has 0 radical (unpaired) electrons. The molecule has 204 valence electrons. The number of ether oxygens (including phenoxy) is 1. The number of halogens is 1. The summed E-state index contributed by atoms with van der Waals surface area (Å²) < 4.78 is 7.06. The average molecular weight is 548 g/mol. The van der Waals surface area contributed by atoms with E-state index in [1.807, 2.05) is 43.4 Å². The van der Waals surface area contributed by atoms with Crippen molar-refractivity contribution in [2.75, 3.05) is 20.2 Å². The van der Waals surface area contributed by atoms with Crippen molar-refractivity contribution in [3.05, 3.63) is 88.1 Å². The number of fused-ring (bicyclic) bond motifs is 1. The summed E-state index contributed by atoms with van der Waals surface area (Å²) in [7, 11) is 1.59. The van der Waals surface area contributed by atoms with E-state index in [0.29, 0.717) is 35.8 Å². The third kappa shape index (κ3) is 6.98. The number of rotatable bonds is 12. The number of aromatic nitrogens is 1. The fourth-order valence-corrected chi connectivity index (χ4v) is 4.91. The molecule has 8 heteroatoms. The van der Waals surface area contributed by atoms with Crippen LogP contribution in [0.25, 0.3) is 10.9 Å². The Labute approximate surface area is 233 Å². The van der Waals surface area contributed by atoms with Gasteiger partial charge in [-0.2, -0.15) is 0 Å². The van der Waals surface area contributed by atoms with Crippen LogP contribution in [0.3, 0.4) is 0 Å². The highest BCUT2D eigenvalue weighted by Gasteiger charge is 2.22. The van der Waals surface area contributed by atoms with Gasteiger partial charge in [0.2, 0.25) is 11.8 Å². The minimum absolute atomic E-state index is 0.0106. The Balaban J connectivity index is 1.32. The van der Waals surface area contributed by atoms with Crippen LogP contribution in [0.5, 0.6) is 5.75 Å². The molecule has 2 amide bonds. The number of hydrogen-bond acceptors (Lipinski definition) is 4. The van der Waals surface area contributed by atoms with Crippen LogP contribution in [0.4, 0.5) is 0 Å². The van der Waals surface area contributed by atoms with Gasteiger partial charge >= 0.3 is 0 Å². The summed E-state index contributed by atoms with van der Waals surface area (Å²) >= 11 is 6.01. The Morgan fingerprint density at radius 2 is 1.69 bits per heavy atom. The topological polar surface area (TPSA) is 89.4 Å². The first-order valence-electron chi connectivity index (χ1n) is 13.3. The van der Waals surface area contributed by atoms with E-state index in [2.05, 4.69) is 10.6 Å². The van der Waals surface area contributed by atoms with Gasteiger partial charge in [0.15, 0.2) is 0 Å². The van der Waals surface area contributed by atoms with Crippen LogP contribution in [0.1, 0.15) is 53.7 Å². The zero-order valence-electron chi connectivity index (χ0n) is 22.4. The fraction of sp³-hybridized carbons (Fsp3) is 0.323. The number of amides is 2. The summed E-state index contributed by atoms with van der Waals surface area (Å²) in [5, 5.41) is 7.34. The molecular formula is C31H34ClN3O4. The van der Waals surface area contributed by atoms with Crippen LogP contribution in [-0.4, -0.2) is 42.5 Å². The van der Waals surface area contributed by atoms with Gasteiger partial charge in [0.1, 0.15) is 5.75 Å². The van der Waals surface area contributed by atoms with Crippen LogP contribution < -0.4 is 15.4 Å². The zero-order chi connectivity index (χ0) is 27.8. The lowest BCUT2D eigenvalue weighted by Crippen LogP contribution is -2.27. The van der Waals surface area contributed by atoms with Gasteiger partial charge in [0.25, 0.3) is 5.91 Å². The standard InChI is InChI=1S/C31H34ClN3O4/c1-21-26(20-29(36)33-17-7-3-4-8-18-34-30(37)22-9-5-6-10-22)27-19-25(39-2)15-16-28(27)35(21)31(38)23-11-13-24(32)14-12-23/h5-6,9,11-16,19H,3-4,7-8,10,17-18,20H2,1-2H3,(H,33,36)(H,34,37). The summed E-state index contributed by atoms with van der Waals surface area (Å²) in [5.41, 5.74) is 3.57. The molecule has 0 atom stereocenters. The molecule has 0 saturated heterocycles. The number of carbonyl (C=O) groups excluding carboxylic acids is 3. The molecule has 0 unspecified atom stereocenters. The van der Waals surface area contributed by atoms with Gasteiger partial charge in [-0.1, -0.05) is 42.7 Å². The van der Waals surface area contributed by atoms with E-state index in [1.165, 1.54) is 0 Å². The fourth-order valence-electron chi connectivity index (χ4n) is 4.78. The van der Waals surface area contributed by atoms with Crippen LogP contribution in [0.2, 0.25) is 5.02 Å². The van der Waals surface area contributed by atoms with E-state index in [0.717, 1.165) is 53.4 Å². The van der Waals surface area contributed by atoms with E-state index in [9.17, 15) is 14.4 Å². The molecule has 1 aliphatic rings. The van der Waals surface area contributed by atoms with Crippen molar-refractivity contribution in [2.24, 2.45) is 0 Å². The smallest absolute Gasteiger partial charge is 0.262 e. The maximum absolute atomic E-state index is 13.4. The van der Waals surface area contributed by atoms with Gasteiger partial charge in [-0.15, -0.1) is 0 Å². The largest absolute Gasteiger partial charge is 0.497 e. The van der Waals surface area contributed by atoms with Crippen LogP contribution in [0.15, 0.2) is 66.3 Å². The Morgan fingerprint density at radius 1 is 0.974 bits per heavy atom. The normalized spacial score (nSPS) is 12.4. The molecule has 0 saturated carbocycles. The molecule has 1 heterocycles. The van der Waals surface area contributed by atoms with Crippen molar-refractivity contribution >= 4 is 40.2 Å². The quantitative estimate of drug-likeness (QED) is 0.292. The minimum atomic E-state index is -0.182. The molecule has 0 fully saturated rings. The summed E-state index contributed by atoms with van der Waals surface area (Å²) in [5.74, 6) is 0.396. The lowest BCUT2D eigenvalue weighted by Gasteiger charge is -2.09. The van der Waals surface area contributed by atoms with E-state index in [4.69, 9.17) is 16.3 Å². The first-order valence-corrected chi connectivity index (χ1v) is 13.7. The Morgan fingerprint density at radius 3 is 2.36 bits per heavy atom. The van der Waals surface area contributed by atoms with Gasteiger partial charge in [0.05, 0.1) is 19.0 Å². The highest BCUT2D eigenvalue weighted by molar-refractivity contribution is 6.30. The number of methoxy groups -OCH3 is 1. The second kappa shape index (κ2) is 13.3. The van der Waals surface area contributed by atoms with Gasteiger partial charge in [-0.25, -0.2) is 0 Å². The monoisotopic (exact) mass is 547 g/mol. The molecule has 0 aliphatic heterocycles. The van der Waals surface area contributed by atoms with Crippen molar-refractivity contribution in [3.8, 4) is 5.75 Å². The van der Waals surface area contributed by atoms with Gasteiger partial charge in [-0.3, -0.25) is 19.0 Å². The summed E-state index contributed by atoms with van der Waals surface area (Å²) in [6.45, 7) is 3.10. The third-order valence-corrected chi connectivity index (χ3v) is 7.20. The first-order chi connectivity index (χ1) is 18.9. The number of unbranched alkanes of at least 4 members (excludes halogenated alkanes) is 3. The molecule has 2 aromatic carbocycles. The predicted octanol–water partition coefficient (Wildman–Crippen LogP) is 5.52. The number of nitrogens with zero attached hydrogens (tertiary/aromatic N) is 1. The molecule has 1 aromatic heterocycles. The number of benzene rings is 2. The maximum atomic E-state index is 13.4. The second-order valence-corrected chi connectivity index (χ2v) is 10.1. The highest BCUT2D eigenvalue weighted by atomic mass is 35.5. The minimum Gasteiger partial charge on any atom is -0.497 e. The molecule has 3 aromatic rings. The number of hydrogen-bond donors (Lipinski definition) is 2. The molecule has 2 N–H and O–H groups in total. The number of carbonyl (C=O) groups is 3. The third-order valence-electron chi connectivity index (χ3n) is 6.95. The SMILES string of the molecule is COc1ccc2c(c1)c(CC(=O)NCCCCCCNC(=O)C1=CC=CC1)c(C)n2C(=O)c1ccc(Cl)cc1. The predicted molar refractivity (Wildman–Crippen MR) is 154 cm³/mol. The molecule has 4 rings (SSSR count). The van der Waals surface area contributed by atoms with Crippen molar-refractivity contribution < 1.29 is 19.1 Å². The van der Waals surface area contributed by atoms with Crippen LogP contribution in [0, 0.1) is 6.92 Å². The van der Waals surface area contributed by atoms with E-state index in [-0.39, 0.29) is 24.1 Å². The summed E-state index contributed by atoms with van der Waals surface area (Å²) in [6, 6.07) is 12.3. The lowest BCUT2D eigenvalue weighted by atomic mass is 10.1. The molecular weight excluding hydrogens is 514 g/mol. The van der Waals surface area contributed by atoms with Crippen molar-refractivity contribution in [1.29, 1.82) is 0 Å². The van der Waals surface area contributed by atoms with Gasteiger partial charge < -0.3 is 15.4 Å². The maximum Gasteiger partial charge on any atom is 0.262 e. The Hall–Kier alpha value is -3.84. The Bertz CT molecular complexity index is 1420. The second-order valence-electron chi connectivity index (χ2n) is 9.62. The van der Waals surface area contributed by atoms with E-state index < -0.39 is 0 Å². The van der Waals surface area contributed by atoms with Crippen LogP contribution in [-0.2, 0) is 16.0 Å². The first kappa shape index (κ1) is 28.2. The van der Waals surface area contributed by atoms with E-state index >= 15 is 0 Å². The lowest BCUT2D eigenvalue weighted by molar-refractivity contribution is -0.120. The van der Waals surface area contributed by atoms with Crippen molar-refractivity contribution in [2.45, 2.75) is 45.4 Å². The van der Waals surface area contributed by atoms with Crippen LogP contribution >= 0.6 is 11.6 Å². The van der Waals surface area contributed by atoms with Crippen molar-refractivity contribution in [1.82, 2.24) is 15.2 Å². The average Bonchev–Trinajstić information content (AvgIpc) is 3.57. The molecule has 7 nitrogen and oxygen atoms in total. The Kier molecular flexibility index (Phi) is 9.60. The number of nitrogens with one attached hydrogen (secondary N) is 2. The van der Waals surface area contributed by atoms with Crippen molar-refractivity contribution in [3.63, 3.8) is 0 Å². The van der Waals surface area contributed by atoms with E-state index in [1.54, 1.807) is 35.9 Å². The summed E-state index contributed by atoms with van der Waals surface area (Å²) in [4.78, 5) is 38.3. The van der Waals surface area contributed by atoms with Gasteiger partial charge in [0, 0.05) is 40.3 Å². The van der Waals surface area contributed by atoms with Gasteiger partial charge in [-0.05, 0) is 74.2 Å². The number of allylic oxidation sites excluding steroid dienone is 3. The molecule has 0 spiro atoms.